The van der Waals surface area contributed by atoms with E-state index in [1.165, 1.54) is 4.90 Å². The van der Waals surface area contributed by atoms with Crippen LogP contribution in [0.25, 0.3) is 0 Å². The van der Waals surface area contributed by atoms with Gasteiger partial charge in [-0.25, -0.2) is 4.79 Å². The predicted octanol–water partition coefficient (Wildman–Crippen LogP) is 0.571. The number of ether oxygens (including phenoxy) is 2. The number of carbonyl (C=O) groups is 1. The van der Waals surface area contributed by atoms with Gasteiger partial charge in [-0.2, -0.15) is 5.26 Å². The number of anilines is 1. The molecule has 1 fully saturated rings. The normalized spacial score (nSPS) is 24.7. The van der Waals surface area contributed by atoms with Crippen LogP contribution in [0.5, 0.6) is 0 Å². The minimum atomic E-state index is -0.399. The van der Waals surface area contributed by atoms with E-state index < -0.39 is 5.97 Å². The summed E-state index contributed by atoms with van der Waals surface area (Å²) in [5, 5.41) is 9.73. The standard InChI is InChI=1S/C15H21N3O3S/c1-4-20-15(19)13-12(11(5-16)14(17)22-13)8-18-6-9(2)21-10(3)7-18/h9-10H,4,6-8,17H2,1-3H3/p+1/t9-,10-/m0/s1. The molecule has 0 aliphatic carbocycles. The number of nitrogens with one attached hydrogen (secondary N) is 1. The summed E-state index contributed by atoms with van der Waals surface area (Å²) in [7, 11) is 0. The monoisotopic (exact) mass is 324 g/mol. The smallest absolute Gasteiger partial charge is 0.348 e. The van der Waals surface area contributed by atoms with Crippen molar-refractivity contribution in [3.8, 4) is 6.07 Å². The highest BCUT2D eigenvalue weighted by Crippen LogP contribution is 2.30. The van der Waals surface area contributed by atoms with Crippen LogP contribution < -0.4 is 10.6 Å². The van der Waals surface area contributed by atoms with Gasteiger partial charge in [0.1, 0.15) is 47.8 Å². The molecule has 2 atom stereocenters. The summed E-state index contributed by atoms with van der Waals surface area (Å²) >= 11 is 1.14. The number of nitriles is 1. The number of nitrogen functional groups attached to an aromatic ring is 1. The Bertz CT molecular complexity index is 584. The van der Waals surface area contributed by atoms with Gasteiger partial charge in [-0.15, -0.1) is 11.3 Å². The Morgan fingerprint density at radius 3 is 2.68 bits per heavy atom. The van der Waals surface area contributed by atoms with Gasteiger partial charge in [-0.3, -0.25) is 0 Å². The van der Waals surface area contributed by atoms with Crippen LogP contribution in [0.1, 0.15) is 41.6 Å². The summed E-state index contributed by atoms with van der Waals surface area (Å²) in [6.45, 7) is 8.40. The minimum absolute atomic E-state index is 0.159. The van der Waals surface area contributed by atoms with Crippen molar-refractivity contribution in [2.24, 2.45) is 0 Å². The highest BCUT2D eigenvalue weighted by atomic mass is 32.1. The first-order valence-electron chi connectivity index (χ1n) is 7.43. The van der Waals surface area contributed by atoms with Gasteiger partial charge < -0.3 is 20.1 Å². The predicted molar refractivity (Wildman–Crippen MR) is 83.8 cm³/mol. The lowest BCUT2D eigenvalue weighted by Crippen LogP contribution is -3.14. The fourth-order valence-electron chi connectivity index (χ4n) is 2.92. The zero-order valence-electron chi connectivity index (χ0n) is 13.1. The summed E-state index contributed by atoms with van der Waals surface area (Å²) in [5.41, 5.74) is 7.02. The first-order chi connectivity index (χ1) is 10.5. The van der Waals surface area contributed by atoms with Crippen molar-refractivity contribution >= 4 is 22.3 Å². The largest absolute Gasteiger partial charge is 0.462 e. The van der Waals surface area contributed by atoms with Crippen molar-refractivity contribution in [1.82, 2.24) is 0 Å². The molecule has 1 aliphatic rings. The van der Waals surface area contributed by atoms with Gasteiger partial charge in [0.15, 0.2) is 0 Å². The van der Waals surface area contributed by atoms with Crippen LogP contribution in [0.15, 0.2) is 0 Å². The number of hydrogen-bond donors (Lipinski definition) is 2. The van der Waals surface area contributed by atoms with Gasteiger partial charge in [-0.05, 0) is 20.8 Å². The maximum absolute atomic E-state index is 12.1. The Kier molecular flexibility index (Phi) is 5.40. The second-order valence-electron chi connectivity index (χ2n) is 5.57. The van der Waals surface area contributed by atoms with E-state index in [2.05, 4.69) is 6.07 Å². The summed E-state index contributed by atoms with van der Waals surface area (Å²) in [4.78, 5) is 13.8. The summed E-state index contributed by atoms with van der Waals surface area (Å²) in [6.07, 6.45) is 0.317. The van der Waals surface area contributed by atoms with E-state index in [0.717, 1.165) is 24.4 Å². The molecule has 22 heavy (non-hydrogen) atoms. The van der Waals surface area contributed by atoms with E-state index in [0.29, 0.717) is 34.2 Å². The molecule has 1 aromatic rings. The average molecular weight is 324 g/mol. The van der Waals surface area contributed by atoms with Gasteiger partial charge in [0, 0.05) is 0 Å². The lowest BCUT2D eigenvalue weighted by molar-refractivity contribution is -0.928. The Balaban J connectivity index is 2.28. The molecule has 0 radical (unpaired) electrons. The molecule has 0 bridgehead atoms. The molecule has 3 N–H and O–H groups in total. The Hall–Kier alpha value is -1.62. The minimum Gasteiger partial charge on any atom is -0.462 e. The fraction of sp³-hybridized carbons (Fsp3) is 0.600. The Labute approximate surface area is 134 Å². The average Bonchev–Trinajstić information content (AvgIpc) is 2.74. The number of thiophene rings is 1. The molecule has 1 aliphatic heterocycles. The summed E-state index contributed by atoms with van der Waals surface area (Å²) in [6, 6.07) is 2.13. The molecule has 0 spiro atoms. The van der Waals surface area contributed by atoms with Crippen LogP contribution in [-0.2, 0) is 16.0 Å². The highest BCUT2D eigenvalue weighted by Gasteiger charge is 2.30. The molecule has 0 saturated carbocycles. The number of carbonyl (C=O) groups excluding carboxylic acids is 1. The van der Waals surface area contributed by atoms with Gasteiger partial charge in [-0.1, -0.05) is 0 Å². The van der Waals surface area contributed by atoms with Crippen molar-refractivity contribution in [1.29, 1.82) is 5.26 Å². The third-order valence-electron chi connectivity index (χ3n) is 3.65. The van der Waals surface area contributed by atoms with Crippen LogP contribution in [0.3, 0.4) is 0 Å². The highest BCUT2D eigenvalue weighted by molar-refractivity contribution is 7.18. The van der Waals surface area contributed by atoms with Crippen LogP contribution in [0.4, 0.5) is 5.00 Å². The van der Waals surface area contributed by atoms with Crippen LogP contribution in [0.2, 0.25) is 0 Å². The molecule has 2 heterocycles. The molecule has 7 heteroatoms. The number of esters is 1. The van der Waals surface area contributed by atoms with Crippen LogP contribution >= 0.6 is 11.3 Å². The van der Waals surface area contributed by atoms with Gasteiger partial charge in [0.25, 0.3) is 0 Å². The molecule has 120 valence electrons. The molecule has 1 aromatic heterocycles. The van der Waals surface area contributed by atoms with E-state index in [1.54, 1.807) is 6.92 Å². The zero-order chi connectivity index (χ0) is 16.3. The lowest BCUT2D eigenvalue weighted by atomic mass is 10.1. The van der Waals surface area contributed by atoms with Gasteiger partial charge in [0.2, 0.25) is 0 Å². The van der Waals surface area contributed by atoms with Crippen molar-refractivity contribution < 1.29 is 19.2 Å². The summed E-state index contributed by atoms with van der Waals surface area (Å²) < 4.78 is 10.8. The van der Waals surface area contributed by atoms with Crippen molar-refractivity contribution in [2.45, 2.75) is 39.5 Å². The Morgan fingerprint density at radius 2 is 2.14 bits per heavy atom. The quantitative estimate of drug-likeness (QED) is 0.790. The number of rotatable bonds is 4. The van der Waals surface area contributed by atoms with E-state index in [9.17, 15) is 10.1 Å². The van der Waals surface area contributed by atoms with E-state index in [-0.39, 0.29) is 12.2 Å². The number of nitrogens with zero attached hydrogens (tertiary/aromatic N) is 1. The van der Waals surface area contributed by atoms with Gasteiger partial charge >= 0.3 is 5.97 Å². The second kappa shape index (κ2) is 7.09. The SMILES string of the molecule is CCOC(=O)c1sc(N)c(C#N)c1C[NH+]1C[C@H](C)O[C@@H](C)C1. The van der Waals surface area contributed by atoms with Crippen LogP contribution in [0, 0.1) is 11.3 Å². The van der Waals surface area contributed by atoms with E-state index in [1.807, 2.05) is 13.8 Å². The molecular formula is C15H22N3O3S+. The molecule has 0 amide bonds. The fourth-order valence-corrected chi connectivity index (χ4v) is 3.85. The molecule has 0 aromatic carbocycles. The zero-order valence-corrected chi connectivity index (χ0v) is 14.0. The summed E-state index contributed by atoms with van der Waals surface area (Å²) in [5.74, 6) is -0.399. The van der Waals surface area contributed by atoms with Crippen molar-refractivity contribution in [3.05, 3.63) is 16.0 Å². The van der Waals surface area contributed by atoms with Gasteiger partial charge in [0.05, 0.1) is 17.7 Å². The third-order valence-corrected chi connectivity index (χ3v) is 4.69. The topological polar surface area (TPSA) is 89.8 Å². The Morgan fingerprint density at radius 1 is 1.50 bits per heavy atom. The van der Waals surface area contributed by atoms with Crippen molar-refractivity contribution in [2.75, 3.05) is 25.4 Å². The van der Waals surface area contributed by atoms with E-state index >= 15 is 0 Å². The third kappa shape index (κ3) is 3.58. The van der Waals surface area contributed by atoms with E-state index in [4.69, 9.17) is 15.2 Å². The van der Waals surface area contributed by atoms with Crippen LogP contribution in [-0.4, -0.2) is 37.9 Å². The molecule has 2 rings (SSSR count). The maximum Gasteiger partial charge on any atom is 0.348 e. The maximum atomic E-state index is 12.1. The first kappa shape index (κ1) is 16.7. The number of quaternary nitrogens is 1. The second-order valence-corrected chi connectivity index (χ2v) is 6.63. The molecule has 6 nitrogen and oxygen atoms in total. The molecular weight excluding hydrogens is 302 g/mol. The van der Waals surface area contributed by atoms with Crippen molar-refractivity contribution in [3.63, 3.8) is 0 Å². The first-order valence-corrected chi connectivity index (χ1v) is 8.25. The number of morpholine rings is 1. The molecule has 1 saturated heterocycles. The number of hydrogen-bond acceptors (Lipinski definition) is 6. The number of nitrogens with two attached hydrogens (primary N) is 1. The lowest BCUT2D eigenvalue weighted by Gasteiger charge is -2.32. The molecule has 0 unspecified atom stereocenters.